The quantitative estimate of drug-likeness (QED) is 0.200. The smallest absolute Gasteiger partial charge is 0.204 e. The highest BCUT2D eigenvalue weighted by molar-refractivity contribution is 6.26. The van der Waals surface area contributed by atoms with Crippen LogP contribution in [0.25, 0.3) is 70.8 Å². The molecule has 1 aliphatic rings. The minimum atomic E-state index is -0.463. The van der Waals surface area contributed by atoms with E-state index in [-0.39, 0.29) is 0 Å². The molecule has 1 N–H and O–H groups in total. The van der Waals surface area contributed by atoms with Crippen molar-refractivity contribution in [2.45, 2.75) is 6.29 Å². The highest BCUT2D eigenvalue weighted by Gasteiger charge is 2.27. The van der Waals surface area contributed by atoms with Crippen molar-refractivity contribution < 1.29 is 0 Å². The van der Waals surface area contributed by atoms with Gasteiger partial charge in [-0.1, -0.05) is 133 Å². The Morgan fingerprint density at radius 3 is 1.85 bits per heavy atom. The van der Waals surface area contributed by atoms with Crippen molar-refractivity contribution in [3.8, 4) is 5.69 Å². The molecule has 244 valence electrons. The van der Waals surface area contributed by atoms with E-state index >= 15 is 0 Å². The summed E-state index contributed by atoms with van der Waals surface area (Å²) in [5.74, 6) is 1.49. The first-order chi connectivity index (χ1) is 25.8. The van der Waals surface area contributed by atoms with Gasteiger partial charge in [-0.2, -0.15) is 0 Å². The molecular weight excluding hydrogens is 635 g/mol. The highest BCUT2D eigenvalue weighted by Crippen LogP contribution is 2.42. The first-order valence-corrected chi connectivity index (χ1v) is 17.7. The normalized spacial score (nSPS) is 14.7. The molecule has 5 heteroatoms. The maximum Gasteiger partial charge on any atom is 0.204 e. The van der Waals surface area contributed by atoms with Gasteiger partial charge in [-0.25, -0.2) is 9.98 Å². The second-order valence-corrected chi connectivity index (χ2v) is 13.5. The Labute approximate surface area is 299 Å². The molecule has 1 aliphatic heterocycles. The number of hydrogen-bond acceptors (Lipinski definition) is 3. The molecule has 1 unspecified atom stereocenters. The average Bonchev–Trinajstić information content (AvgIpc) is 3.74. The molecule has 8 aromatic carbocycles. The van der Waals surface area contributed by atoms with Crippen LogP contribution in [0.2, 0.25) is 0 Å². The Bertz CT molecular complexity index is 3110. The van der Waals surface area contributed by atoms with Gasteiger partial charge in [-0.05, 0) is 64.0 Å². The van der Waals surface area contributed by atoms with Gasteiger partial charge < -0.3 is 14.5 Å². The van der Waals surface area contributed by atoms with Crippen molar-refractivity contribution in [2.75, 3.05) is 0 Å². The molecule has 0 fully saturated rings. The predicted molar refractivity (Wildman–Crippen MR) is 217 cm³/mol. The van der Waals surface area contributed by atoms with Crippen LogP contribution in [-0.2, 0) is 0 Å². The van der Waals surface area contributed by atoms with E-state index < -0.39 is 6.29 Å². The Morgan fingerprint density at radius 1 is 0.462 bits per heavy atom. The maximum atomic E-state index is 5.42. The summed E-state index contributed by atoms with van der Waals surface area (Å²) in [5, 5.41) is 13.4. The molecule has 52 heavy (non-hydrogen) atoms. The zero-order chi connectivity index (χ0) is 34.2. The fraction of sp³-hybridized carbons (Fsp3) is 0.0213. The third-order valence-corrected chi connectivity index (χ3v) is 10.5. The molecule has 0 saturated heterocycles. The van der Waals surface area contributed by atoms with Crippen LogP contribution >= 0.6 is 0 Å². The topological polar surface area (TPSA) is 46.6 Å². The van der Waals surface area contributed by atoms with Crippen molar-refractivity contribution in [1.29, 1.82) is 0 Å². The van der Waals surface area contributed by atoms with E-state index in [1.54, 1.807) is 0 Å². The van der Waals surface area contributed by atoms with Crippen LogP contribution in [0.15, 0.2) is 186 Å². The molecule has 5 nitrogen and oxygen atoms in total. The molecular formula is C47H31N5. The van der Waals surface area contributed by atoms with Gasteiger partial charge in [-0.15, -0.1) is 0 Å². The molecule has 0 saturated carbocycles. The fourth-order valence-corrected chi connectivity index (χ4v) is 8.16. The largest absolute Gasteiger partial charge is 0.331 e. The van der Waals surface area contributed by atoms with Crippen LogP contribution in [0.1, 0.15) is 17.4 Å². The second-order valence-electron chi connectivity index (χ2n) is 13.5. The first kappa shape index (κ1) is 28.8. The van der Waals surface area contributed by atoms with Crippen molar-refractivity contribution in [3.63, 3.8) is 0 Å². The lowest BCUT2D eigenvalue weighted by Crippen LogP contribution is -2.36. The average molecular weight is 666 g/mol. The monoisotopic (exact) mass is 665 g/mol. The first-order valence-electron chi connectivity index (χ1n) is 17.7. The number of nitrogens with one attached hydrogen (secondary N) is 1. The van der Waals surface area contributed by atoms with Crippen LogP contribution in [0.4, 0.5) is 0 Å². The van der Waals surface area contributed by atoms with Gasteiger partial charge in [0.05, 0.1) is 22.1 Å². The summed E-state index contributed by atoms with van der Waals surface area (Å²) in [6.07, 6.45) is -0.463. The molecule has 2 aromatic heterocycles. The lowest BCUT2D eigenvalue weighted by molar-refractivity contribution is 0.516. The zero-order valence-electron chi connectivity index (χ0n) is 28.1. The number of para-hydroxylation sites is 3. The van der Waals surface area contributed by atoms with E-state index in [1.807, 2.05) is 0 Å². The molecule has 0 bridgehead atoms. The Hall–Kier alpha value is -6.98. The lowest BCUT2D eigenvalue weighted by atomic mass is 10.0. The van der Waals surface area contributed by atoms with Crippen LogP contribution < -0.4 is 5.32 Å². The summed E-state index contributed by atoms with van der Waals surface area (Å²) in [4.78, 5) is 10.6. The van der Waals surface area contributed by atoms with E-state index in [0.29, 0.717) is 5.84 Å². The maximum absolute atomic E-state index is 5.42. The van der Waals surface area contributed by atoms with E-state index in [2.05, 4.69) is 190 Å². The number of benzene rings is 8. The molecule has 0 radical (unpaired) electrons. The van der Waals surface area contributed by atoms with Gasteiger partial charge in [0.15, 0.2) is 5.84 Å². The highest BCUT2D eigenvalue weighted by atomic mass is 15.3. The van der Waals surface area contributed by atoms with E-state index in [4.69, 9.17) is 9.98 Å². The number of aliphatic imine (C=N–C) groups is 2. The summed E-state index contributed by atoms with van der Waals surface area (Å²) < 4.78 is 4.78. The van der Waals surface area contributed by atoms with Gasteiger partial charge in [0.2, 0.25) is 6.29 Å². The van der Waals surface area contributed by atoms with Crippen LogP contribution in [0, 0.1) is 0 Å². The van der Waals surface area contributed by atoms with E-state index in [9.17, 15) is 0 Å². The number of hydrogen-bond donors (Lipinski definition) is 1. The Morgan fingerprint density at radius 2 is 1.08 bits per heavy atom. The van der Waals surface area contributed by atoms with Crippen molar-refractivity contribution >= 4 is 76.8 Å². The summed E-state index contributed by atoms with van der Waals surface area (Å²) >= 11 is 0. The zero-order valence-corrected chi connectivity index (χ0v) is 28.1. The second kappa shape index (κ2) is 11.3. The van der Waals surface area contributed by atoms with Crippen LogP contribution in [-0.4, -0.2) is 20.8 Å². The molecule has 1 atom stereocenters. The van der Waals surface area contributed by atoms with Crippen LogP contribution in [0.5, 0.6) is 0 Å². The predicted octanol–water partition coefficient (Wildman–Crippen LogP) is 11.2. The third kappa shape index (κ3) is 4.36. The van der Waals surface area contributed by atoms with Crippen molar-refractivity contribution in [2.24, 2.45) is 9.98 Å². The molecule has 0 amide bonds. The number of fused-ring (bicyclic) bond motifs is 9. The van der Waals surface area contributed by atoms with Gasteiger partial charge in [-0.3, -0.25) is 0 Å². The number of rotatable bonds is 4. The van der Waals surface area contributed by atoms with Crippen molar-refractivity contribution in [3.05, 3.63) is 187 Å². The third-order valence-electron chi connectivity index (χ3n) is 10.5. The lowest BCUT2D eigenvalue weighted by Gasteiger charge is -2.26. The summed E-state index contributed by atoms with van der Waals surface area (Å²) in [6, 6.07) is 62.6. The minimum Gasteiger partial charge on any atom is -0.331 e. The van der Waals surface area contributed by atoms with E-state index in [0.717, 1.165) is 39.1 Å². The number of aromatic nitrogens is 2. The summed E-state index contributed by atoms with van der Waals surface area (Å²) in [6.45, 7) is 0. The Kier molecular flexibility index (Phi) is 6.25. The number of nitrogens with zero attached hydrogens (tertiary/aromatic N) is 4. The van der Waals surface area contributed by atoms with Gasteiger partial charge >= 0.3 is 0 Å². The molecule has 10 aromatic rings. The molecule has 11 rings (SSSR count). The SMILES string of the molecule is c1ccc(-n2c3ccccc3c3ccc4c(c5ccccc5n4C4N=C(c5ccc6ccccc6c5)N=C(c5ccc6ccccc6c5)N4)c32)cc1. The van der Waals surface area contributed by atoms with Gasteiger partial charge in [0.1, 0.15) is 5.84 Å². The van der Waals surface area contributed by atoms with E-state index in [1.165, 1.54) is 48.7 Å². The number of amidine groups is 2. The van der Waals surface area contributed by atoms with Gasteiger partial charge in [0, 0.05) is 38.4 Å². The van der Waals surface area contributed by atoms with Gasteiger partial charge in [0.25, 0.3) is 0 Å². The van der Waals surface area contributed by atoms with Crippen LogP contribution in [0.3, 0.4) is 0 Å². The van der Waals surface area contributed by atoms with Crippen molar-refractivity contribution in [1.82, 2.24) is 14.5 Å². The standard InChI is InChI=1S/C47H31N5/c1-2-16-36(17-3-1)51-40-20-10-8-18-37(40)38-26-27-42-43(44(38)51)39-19-9-11-21-41(39)52(42)47-49-45(34-24-22-30-12-4-6-14-32(30)28-34)48-46(50-47)35-25-23-31-13-5-7-15-33(31)29-35/h1-29,47H,(H,48,49,50). The minimum absolute atomic E-state index is 0.463. The molecule has 0 aliphatic carbocycles. The molecule has 3 heterocycles. The molecule has 0 spiro atoms. The fourth-order valence-electron chi connectivity index (χ4n) is 8.16. The Balaban J connectivity index is 1.19. The summed E-state index contributed by atoms with van der Waals surface area (Å²) in [7, 11) is 0. The summed E-state index contributed by atoms with van der Waals surface area (Å²) in [5.41, 5.74) is 7.72.